The van der Waals surface area contributed by atoms with Gasteiger partial charge in [0.15, 0.2) is 0 Å². The van der Waals surface area contributed by atoms with Crippen molar-refractivity contribution in [1.82, 2.24) is 4.72 Å². The van der Waals surface area contributed by atoms with Crippen LogP contribution in [0.4, 0.5) is 0 Å². The van der Waals surface area contributed by atoms with Crippen LogP contribution in [-0.2, 0) is 22.4 Å². The number of benzene rings is 2. The molecular formula is C14H12Cl3NO2S. The van der Waals surface area contributed by atoms with Crippen LogP contribution in [-0.4, -0.2) is 8.42 Å². The molecule has 0 amide bonds. The molecule has 0 unspecified atom stereocenters. The van der Waals surface area contributed by atoms with Crippen LogP contribution in [0.2, 0.25) is 10.0 Å². The maximum Gasteiger partial charge on any atom is 0.240 e. The number of alkyl halides is 1. The molecule has 0 saturated carbocycles. The Bertz CT molecular complexity index is 727. The molecule has 0 atom stereocenters. The van der Waals surface area contributed by atoms with Crippen molar-refractivity contribution in [1.29, 1.82) is 0 Å². The maximum absolute atomic E-state index is 12.2. The molecular weight excluding hydrogens is 353 g/mol. The van der Waals surface area contributed by atoms with Crippen LogP contribution in [0.15, 0.2) is 47.4 Å². The van der Waals surface area contributed by atoms with E-state index in [4.69, 9.17) is 34.8 Å². The van der Waals surface area contributed by atoms with Gasteiger partial charge in [-0.2, -0.15) is 0 Å². The Hall–Kier alpha value is -0.780. The van der Waals surface area contributed by atoms with Crippen LogP contribution >= 0.6 is 34.8 Å². The van der Waals surface area contributed by atoms with Crippen LogP contribution in [0.25, 0.3) is 0 Å². The fourth-order valence-corrected chi connectivity index (χ4v) is 3.68. The number of halogens is 3. The van der Waals surface area contributed by atoms with Crippen molar-refractivity contribution in [2.75, 3.05) is 0 Å². The van der Waals surface area contributed by atoms with Crippen molar-refractivity contribution < 1.29 is 8.42 Å². The molecule has 1 N–H and O–H groups in total. The second-order valence-electron chi connectivity index (χ2n) is 4.38. The molecule has 0 bridgehead atoms. The minimum absolute atomic E-state index is 0.0356. The van der Waals surface area contributed by atoms with E-state index in [1.807, 2.05) is 24.3 Å². The molecule has 0 heterocycles. The topological polar surface area (TPSA) is 46.2 Å². The summed E-state index contributed by atoms with van der Waals surface area (Å²) in [5.41, 5.74) is 1.75. The van der Waals surface area contributed by atoms with Gasteiger partial charge in [-0.25, -0.2) is 13.1 Å². The molecule has 0 spiro atoms. The summed E-state index contributed by atoms with van der Waals surface area (Å²) in [6.45, 7) is 0.164. The molecule has 21 heavy (non-hydrogen) atoms. The zero-order valence-electron chi connectivity index (χ0n) is 10.8. The molecule has 3 nitrogen and oxygen atoms in total. The predicted octanol–water partition coefficient (Wildman–Crippen LogP) is 4.21. The predicted molar refractivity (Wildman–Crippen MR) is 86.5 cm³/mol. The quantitative estimate of drug-likeness (QED) is 0.808. The third-order valence-electron chi connectivity index (χ3n) is 2.76. The molecule has 0 aliphatic heterocycles. The lowest BCUT2D eigenvalue weighted by molar-refractivity contribution is 0.581. The second kappa shape index (κ2) is 6.99. The molecule has 112 valence electrons. The Labute approximate surface area is 138 Å². The molecule has 0 radical (unpaired) electrons. The molecule has 2 aromatic rings. The smallest absolute Gasteiger partial charge is 0.207 e. The van der Waals surface area contributed by atoms with Gasteiger partial charge in [0, 0.05) is 22.5 Å². The molecule has 0 saturated heterocycles. The van der Waals surface area contributed by atoms with Crippen molar-refractivity contribution in [2.24, 2.45) is 0 Å². The average molecular weight is 365 g/mol. The van der Waals surface area contributed by atoms with Gasteiger partial charge in [-0.15, -0.1) is 11.6 Å². The van der Waals surface area contributed by atoms with Gasteiger partial charge in [0.05, 0.1) is 4.90 Å². The minimum Gasteiger partial charge on any atom is -0.207 e. The fraction of sp³-hybridized carbons (Fsp3) is 0.143. The summed E-state index contributed by atoms with van der Waals surface area (Å²) >= 11 is 17.4. The summed E-state index contributed by atoms with van der Waals surface area (Å²) in [6.07, 6.45) is 0. The Morgan fingerprint density at radius 2 is 1.57 bits per heavy atom. The standard InChI is InChI=1S/C14H12Cl3NO2S/c15-8-10-2-1-3-11(4-10)9-18-21(19,20)14-6-12(16)5-13(17)7-14/h1-7,18H,8-9H2. The second-order valence-corrected chi connectivity index (χ2v) is 7.29. The van der Waals surface area contributed by atoms with Crippen LogP contribution in [0.3, 0.4) is 0 Å². The SMILES string of the molecule is O=S(=O)(NCc1cccc(CCl)c1)c1cc(Cl)cc(Cl)c1. The van der Waals surface area contributed by atoms with Gasteiger partial charge in [-0.3, -0.25) is 0 Å². The molecule has 7 heteroatoms. The number of hydrogen-bond acceptors (Lipinski definition) is 2. The van der Waals surface area contributed by atoms with Crippen LogP contribution in [0.5, 0.6) is 0 Å². The summed E-state index contributed by atoms with van der Waals surface area (Å²) < 4.78 is 26.9. The highest BCUT2D eigenvalue weighted by atomic mass is 35.5. The first-order chi connectivity index (χ1) is 9.90. The van der Waals surface area contributed by atoms with E-state index < -0.39 is 10.0 Å². The Kier molecular flexibility index (Phi) is 5.52. The molecule has 2 aromatic carbocycles. The fourth-order valence-electron chi connectivity index (χ4n) is 1.77. The zero-order valence-corrected chi connectivity index (χ0v) is 13.9. The number of hydrogen-bond donors (Lipinski definition) is 1. The van der Waals surface area contributed by atoms with Crippen molar-refractivity contribution in [3.05, 3.63) is 63.6 Å². The highest BCUT2D eigenvalue weighted by Gasteiger charge is 2.15. The highest BCUT2D eigenvalue weighted by molar-refractivity contribution is 7.89. The first-order valence-corrected chi connectivity index (χ1v) is 8.77. The van der Waals surface area contributed by atoms with Gasteiger partial charge in [-0.05, 0) is 29.3 Å². The molecule has 2 rings (SSSR count). The van der Waals surface area contributed by atoms with Gasteiger partial charge >= 0.3 is 0 Å². The first-order valence-electron chi connectivity index (χ1n) is 6.00. The summed E-state index contributed by atoms with van der Waals surface area (Å²) in [7, 11) is -3.67. The van der Waals surface area contributed by atoms with Crippen LogP contribution in [0, 0.1) is 0 Å². The monoisotopic (exact) mass is 363 g/mol. The number of rotatable bonds is 5. The largest absolute Gasteiger partial charge is 0.240 e. The molecule has 0 fully saturated rings. The first kappa shape index (κ1) is 16.6. The van der Waals surface area contributed by atoms with Crippen molar-refractivity contribution in [3.63, 3.8) is 0 Å². The van der Waals surface area contributed by atoms with Gasteiger partial charge in [0.25, 0.3) is 0 Å². The van der Waals surface area contributed by atoms with E-state index in [0.717, 1.165) is 11.1 Å². The van der Waals surface area contributed by atoms with Crippen molar-refractivity contribution >= 4 is 44.8 Å². The third-order valence-corrected chi connectivity index (χ3v) is 4.88. The summed E-state index contributed by atoms with van der Waals surface area (Å²) in [6, 6.07) is 11.6. The average Bonchev–Trinajstić information content (AvgIpc) is 2.44. The summed E-state index contributed by atoms with van der Waals surface area (Å²) in [4.78, 5) is 0.0356. The highest BCUT2D eigenvalue weighted by Crippen LogP contribution is 2.22. The number of sulfonamides is 1. The van der Waals surface area contributed by atoms with Gasteiger partial charge < -0.3 is 0 Å². The third kappa shape index (κ3) is 4.59. The van der Waals surface area contributed by atoms with Gasteiger partial charge in [-0.1, -0.05) is 47.5 Å². The van der Waals surface area contributed by atoms with E-state index in [9.17, 15) is 8.42 Å². The summed E-state index contributed by atoms with van der Waals surface area (Å²) in [5.74, 6) is 0.379. The van der Waals surface area contributed by atoms with E-state index in [0.29, 0.717) is 5.88 Å². The van der Waals surface area contributed by atoms with Gasteiger partial charge in [0.2, 0.25) is 10.0 Å². The van der Waals surface area contributed by atoms with E-state index in [1.165, 1.54) is 18.2 Å². The Morgan fingerprint density at radius 3 is 2.19 bits per heavy atom. The Balaban J connectivity index is 2.17. The lowest BCUT2D eigenvalue weighted by Crippen LogP contribution is -2.23. The zero-order chi connectivity index (χ0) is 15.5. The van der Waals surface area contributed by atoms with Crippen molar-refractivity contribution in [2.45, 2.75) is 17.3 Å². The lowest BCUT2D eigenvalue weighted by Gasteiger charge is -2.08. The van der Waals surface area contributed by atoms with Gasteiger partial charge in [0.1, 0.15) is 0 Å². The normalized spacial score (nSPS) is 11.6. The Morgan fingerprint density at radius 1 is 0.952 bits per heavy atom. The minimum atomic E-state index is -3.67. The van der Waals surface area contributed by atoms with E-state index in [2.05, 4.69) is 4.72 Å². The van der Waals surface area contributed by atoms with E-state index in [1.54, 1.807) is 0 Å². The number of nitrogens with one attached hydrogen (secondary N) is 1. The van der Waals surface area contributed by atoms with E-state index >= 15 is 0 Å². The molecule has 0 aliphatic rings. The van der Waals surface area contributed by atoms with Crippen LogP contribution < -0.4 is 4.72 Å². The van der Waals surface area contributed by atoms with Crippen molar-refractivity contribution in [3.8, 4) is 0 Å². The molecule has 0 aliphatic carbocycles. The summed E-state index contributed by atoms with van der Waals surface area (Å²) in [5, 5.41) is 0.541. The maximum atomic E-state index is 12.2. The van der Waals surface area contributed by atoms with Crippen LogP contribution in [0.1, 0.15) is 11.1 Å². The van der Waals surface area contributed by atoms with E-state index in [-0.39, 0.29) is 21.5 Å². The molecule has 0 aromatic heterocycles. The lowest BCUT2D eigenvalue weighted by atomic mass is 10.1.